The van der Waals surface area contributed by atoms with Crippen LogP contribution in [0.3, 0.4) is 0 Å². The SMILES string of the molecule is CC(C)Oc1cc(CC(C(=O)c2ccccc2)=C(C(=O)[O-])c2ccc3nsnc3c2)cc(OC(C)C)c1OC(C)C.[Na+]. The Kier molecular flexibility index (Phi) is 11.7. The van der Waals surface area contributed by atoms with Crippen LogP contribution < -0.4 is 48.9 Å². The van der Waals surface area contributed by atoms with E-state index in [2.05, 4.69) is 8.75 Å². The summed E-state index contributed by atoms with van der Waals surface area (Å²) in [6.45, 7) is 11.4. The first-order chi connectivity index (χ1) is 19.5. The number of carboxylic acids is 1. The second kappa shape index (κ2) is 14.8. The van der Waals surface area contributed by atoms with E-state index in [4.69, 9.17) is 14.2 Å². The van der Waals surface area contributed by atoms with Gasteiger partial charge in [0.1, 0.15) is 11.0 Å². The van der Waals surface area contributed by atoms with E-state index in [1.807, 2.05) is 41.5 Å². The van der Waals surface area contributed by atoms with Gasteiger partial charge >= 0.3 is 29.6 Å². The molecule has 0 unspecified atom stereocenters. The van der Waals surface area contributed by atoms with Crippen molar-refractivity contribution in [1.29, 1.82) is 0 Å². The zero-order chi connectivity index (χ0) is 29.7. The Bertz CT molecular complexity index is 1550. The Labute approximate surface area is 272 Å². The van der Waals surface area contributed by atoms with Crippen LogP contribution in [0.15, 0.2) is 66.2 Å². The maximum atomic E-state index is 14.0. The van der Waals surface area contributed by atoms with Gasteiger partial charge in [0, 0.05) is 23.1 Å². The molecule has 0 saturated heterocycles. The number of carbonyl (C=O) groups is 2. The Morgan fingerprint density at radius 1 is 0.762 bits per heavy atom. The molecule has 1 aromatic heterocycles. The molecule has 214 valence electrons. The third-order valence-corrected chi connectivity index (χ3v) is 6.46. The van der Waals surface area contributed by atoms with Gasteiger partial charge < -0.3 is 24.1 Å². The zero-order valence-electron chi connectivity index (χ0n) is 25.0. The first-order valence-electron chi connectivity index (χ1n) is 13.5. The Morgan fingerprint density at radius 3 is 1.88 bits per heavy atom. The number of aliphatic carboxylic acids is 1. The fourth-order valence-corrected chi connectivity index (χ4v) is 4.89. The van der Waals surface area contributed by atoms with E-state index in [1.165, 1.54) is 0 Å². The van der Waals surface area contributed by atoms with Crippen LogP contribution in [0.25, 0.3) is 16.6 Å². The number of benzene rings is 3. The number of nitrogens with zero attached hydrogens (tertiary/aromatic N) is 2. The van der Waals surface area contributed by atoms with Gasteiger partial charge in [-0.15, -0.1) is 0 Å². The molecule has 0 saturated carbocycles. The van der Waals surface area contributed by atoms with E-state index >= 15 is 0 Å². The van der Waals surface area contributed by atoms with Crippen LogP contribution in [0.2, 0.25) is 0 Å². The molecule has 42 heavy (non-hydrogen) atoms. The average molecular weight is 597 g/mol. The van der Waals surface area contributed by atoms with Crippen molar-refractivity contribution < 1.29 is 58.5 Å². The van der Waals surface area contributed by atoms with E-state index in [-0.39, 0.29) is 65.4 Å². The average Bonchev–Trinajstić information content (AvgIpc) is 3.37. The van der Waals surface area contributed by atoms with Crippen LogP contribution >= 0.6 is 11.7 Å². The molecule has 8 nitrogen and oxygen atoms in total. The van der Waals surface area contributed by atoms with Crippen LogP contribution in [-0.4, -0.2) is 38.8 Å². The van der Waals surface area contributed by atoms with Crippen molar-refractivity contribution in [2.45, 2.75) is 66.3 Å². The fourth-order valence-electron chi connectivity index (χ4n) is 4.37. The van der Waals surface area contributed by atoms with Crippen molar-refractivity contribution in [3.8, 4) is 17.2 Å². The summed E-state index contributed by atoms with van der Waals surface area (Å²) in [5, 5.41) is 12.7. The number of allylic oxidation sites excluding steroid dienone is 1. The molecular weight excluding hydrogens is 563 g/mol. The van der Waals surface area contributed by atoms with E-state index in [0.717, 1.165) is 11.7 Å². The first kappa shape index (κ1) is 33.3. The molecule has 0 N–H and O–H groups in total. The number of Topliss-reactive ketones (excluding diaryl/α,β-unsaturated/α-hetero) is 1. The summed E-state index contributed by atoms with van der Waals surface area (Å²) in [7, 11) is 0. The topological polar surface area (TPSA) is 111 Å². The number of rotatable bonds is 12. The van der Waals surface area contributed by atoms with Crippen molar-refractivity contribution in [3.63, 3.8) is 0 Å². The molecule has 3 aromatic carbocycles. The van der Waals surface area contributed by atoms with Crippen LogP contribution in [0, 0.1) is 0 Å². The van der Waals surface area contributed by atoms with Gasteiger partial charge in [-0.2, -0.15) is 8.75 Å². The molecule has 0 aliphatic heterocycles. The number of ether oxygens (including phenoxy) is 3. The summed E-state index contributed by atoms with van der Waals surface area (Å²) in [4.78, 5) is 26.7. The van der Waals surface area contributed by atoms with Crippen LogP contribution in [0.4, 0.5) is 0 Å². The van der Waals surface area contributed by atoms with Gasteiger partial charge in [-0.05, 0) is 76.9 Å². The third-order valence-electron chi connectivity index (χ3n) is 5.90. The molecule has 0 fully saturated rings. The molecule has 4 rings (SSSR count). The van der Waals surface area contributed by atoms with Crippen molar-refractivity contribution >= 4 is 40.1 Å². The minimum atomic E-state index is -1.47. The van der Waals surface area contributed by atoms with E-state index in [1.54, 1.807) is 60.7 Å². The summed E-state index contributed by atoms with van der Waals surface area (Å²) in [5.74, 6) is -0.560. The predicted molar refractivity (Wildman–Crippen MR) is 158 cm³/mol. The zero-order valence-corrected chi connectivity index (χ0v) is 27.8. The van der Waals surface area contributed by atoms with E-state index < -0.39 is 11.8 Å². The maximum absolute atomic E-state index is 14.0. The Hall–Kier alpha value is -3.24. The second-order valence-electron chi connectivity index (χ2n) is 10.4. The number of fused-ring (bicyclic) bond motifs is 1. The Balaban J connectivity index is 0.00000484. The molecule has 0 aliphatic rings. The number of carboxylic acid groups (broad SMARTS) is 1. The molecular formula is C32H33N2NaO6S. The molecule has 4 aromatic rings. The number of aromatic nitrogens is 2. The van der Waals surface area contributed by atoms with Crippen LogP contribution in [-0.2, 0) is 11.2 Å². The molecule has 0 amide bonds. The standard InChI is InChI=1S/C32H34N2O6S.Na/c1-18(2)38-27-15-21(16-28(39-19(3)4)31(27)40-20(5)6)14-24(30(35)22-10-8-7-9-11-22)29(32(36)37)23-12-13-25-26(17-23)34-41-33-25;/h7-13,15-20H,14H2,1-6H3,(H,36,37);/q;+1/p-1. The largest absolute Gasteiger partial charge is 1.00 e. The van der Waals surface area contributed by atoms with Gasteiger partial charge in [-0.1, -0.05) is 36.4 Å². The number of ketones is 1. The molecule has 0 spiro atoms. The summed E-state index contributed by atoms with van der Waals surface area (Å²) >= 11 is 1.03. The minimum absolute atomic E-state index is 0. The molecule has 0 aliphatic carbocycles. The van der Waals surface area contributed by atoms with Gasteiger partial charge in [0.05, 0.1) is 36.0 Å². The van der Waals surface area contributed by atoms with Crippen molar-refractivity contribution in [2.75, 3.05) is 0 Å². The quantitative estimate of drug-likeness (QED) is 0.140. The van der Waals surface area contributed by atoms with E-state index in [9.17, 15) is 14.7 Å². The predicted octanol–water partition coefficient (Wildman–Crippen LogP) is 2.69. The fraction of sp³-hybridized carbons (Fsp3) is 0.312. The second-order valence-corrected chi connectivity index (χ2v) is 10.9. The number of hydrogen-bond donors (Lipinski definition) is 0. The van der Waals surface area contributed by atoms with Gasteiger partial charge in [0.2, 0.25) is 5.75 Å². The smallest absolute Gasteiger partial charge is 0.545 e. The van der Waals surface area contributed by atoms with Crippen molar-refractivity contribution in [3.05, 3.63) is 82.9 Å². The van der Waals surface area contributed by atoms with Gasteiger partial charge in [-0.25, -0.2) is 0 Å². The maximum Gasteiger partial charge on any atom is 1.00 e. The van der Waals surface area contributed by atoms with Crippen molar-refractivity contribution in [2.24, 2.45) is 0 Å². The summed E-state index contributed by atoms with van der Waals surface area (Å²) < 4.78 is 26.8. The molecule has 0 atom stereocenters. The van der Waals surface area contributed by atoms with E-state index in [0.29, 0.717) is 45.0 Å². The monoisotopic (exact) mass is 596 g/mol. The number of hydrogen-bond acceptors (Lipinski definition) is 9. The normalized spacial score (nSPS) is 11.8. The summed E-state index contributed by atoms with van der Waals surface area (Å²) in [5.41, 5.74) is 2.29. The molecule has 10 heteroatoms. The summed E-state index contributed by atoms with van der Waals surface area (Å²) in [6, 6.07) is 17.0. The van der Waals surface area contributed by atoms with Crippen molar-refractivity contribution in [1.82, 2.24) is 8.75 Å². The van der Waals surface area contributed by atoms with Gasteiger partial charge in [-0.3, -0.25) is 4.79 Å². The van der Waals surface area contributed by atoms with Crippen LogP contribution in [0.1, 0.15) is 63.0 Å². The summed E-state index contributed by atoms with van der Waals surface area (Å²) in [6.07, 6.45) is -0.538. The number of carbonyl (C=O) groups excluding carboxylic acids is 2. The van der Waals surface area contributed by atoms with Gasteiger partial charge in [0.15, 0.2) is 17.3 Å². The molecule has 0 radical (unpaired) electrons. The van der Waals surface area contributed by atoms with Crippen LogP contribution in [0.5, 0.6) is 17.2 Å². The minimum Gasteiger partial charge on any atom is -0.545 e. The molecule has 0 bridgehead atoms. The Morgan fingerprint density at radius 2 is 1.33 bits per heavy atom. The van der Waals surface area contributed by atoms with Gasteiger partial charge in [0.25, 0.3) is 0 Å². The first-order valence-corrected chi connectivity index (χ1v) is 14.2. The third kappa shape index (κ3) is 8.19. The molecule has 1 heterocycles.